The molecule has 0 saturated heterocycles. The summed E-state index contributed by atoms with van der Waals surface area (Å²) in [5, 5.41) is 0. The van der Waals surface area contributed by atoms with E-state index >= 15 is 0 Å². The molecule has 0 bridgehead atoms. The quantitative estimate of drug-likeness (QED) is 0.890. The molecular formula is C18H22FNO. The van der Waals surface area contributed by atoms with E-state index in [1.807, 2.05) is 45.0 Å². The second-order valence-electron chi connectivity index (χ2n) is 5.46. The zero-order valence-electron chi connectivity index (χ0n) is 12.8. The fourth-order valence-corrected chi connectivity index (χ4v) is 2.30. The third-order valence-electron chi connectivity index (χ3n) is 3.57. The predicted octanol–water partition coefficient (Wildman–Crippen LogP) is 4.30. The van der Waals surface area contributed by atoms with Crippen molar-refractivity contribution in [3.05, 3.63) is 65.0 Å². The minimum absolute atomic E-state index is 0.188. The summed E-state index contributed by atoms with van der Waals surface area (Å²) in [6.45, 7) is 5.93. The van der Waals surface area contributed by atoms with Crippen LogP contribution in [0.4, 0.5) is 4.39 Å². The Morgan fingerprint density at radius 1 is 1.10 bits per heavy atom. The summed E-state index contributed by atoms with van der Waals surface area (Å²) < 4.78 is 19.8. The highest BCUT2D eigenvalue weighted by Gasteiger charge is 2.22. The minimum Gasteiger partial charge on any atom is -0.481 e. The monoisotopic (exact) mass is 287 g/mol. The molecule has 0 radical (unpaired) electrons. The van der Waals surface area contributed by atoms with Crippen molar-refractivity contribution >= 4 is 0 Å². The Labute approximate surface area is 125 Å². The molecule has 2 unspecified atom stereocenters. The maximum absolute atomic E-state index is 13.9. The summed E-state index contributed by atoms with van der Waals surface area (Å²) in [5.41, 5.74) is 9.26. The molecule has 3 heteroatoms. The molecule has 0 aliphatic rings. The summed E-state index contributed by atoms with van der Waals surface area (Å²) in [5.74, 6) is -0.105. The Balaban J connectivity index is 2.35. The van der Waals surface area contributed by atoms with Crippen LogP contribution in [0.3, 0.4) is 0 Å². The van der Waals surface area contributed by atoms with Gasteiger partial charge in [-0.1, -0.05) is 42.8 Å². The van der Waals surface area contributed by atoms with Gasteiger partial charge in [-0.05, 0) is 43.5 Å². The summed E-state index contributed by atoms with van der Waals surface area (Å²) in [6, 6.07) is 12.7. The molecule has 112 valence electrons. The van der Waals surface area contributed by atoms with Crippen molar-refractivity contribution in [2.45, 2.75) is 39.3 Å². The molecule has 0 fully saturated rings. The van der Waals surface area contributed by atoms with Gasteiger partial charge in [0.05, 0.1) is 0 Å². The molecule has 2 rings (SSSR count). The minimum atomic E-state index is -0.360. The van der Waals surface area contributed by atoms with Crippen LogP contribution in [0.2, 0.25) is 0 Å². The van der Waals surface area contributed by atoms with Crippen molar-refractivity contribution in [1.29, 1.82) is 0 Å². The zero-order chi connectivity index (χ0) is 15.4. The summed E-state index contributed by atoms with van der Waals surface area (Å²) >= 11 is 0. The van der Waals surface area contributed by atoms with E-state index in [0.717, 1.165) is 23.1 Å². The normalized spacial score (nSPS) is 13.8. The molecular weight excluding hydrogens is 265 g/mol. The first kappa shape index (κ1) is 15.5. The molecule has 2 aromatic rings. The van der Waals surface area contributed by atoms with Crippen LogP contribution in [0.15, 0.2) is 42.5 Å². The fraction of sp³-hybridized carbons (Fsp3) is 0.333. The third-order valence-corrected chi connectivity index (χ3v) is 3.57. The maximum atomic E-state index is 13.9. The Hall–Kier alpha value is -1.87. The molecule has 0 spiro atoms. The zero-order valence-corrected chi connectivity index (χ0v) is 12.8. The van der Waals surface area contributed by atoms with Crippen molar-refractivity contribution in [2.24, 2.45) is 5.73 Å². The van der Waals surface area contributed by atoms with Gasteiger partial charge < -0.3 is 10.5 Å². The Kier molecular flexibility index (Phi) is 4.97. The molecule has 2 nitrogen and oxygen atoms in total. The van der Waals surface area contributed by atoms with Crippen LogP contribution in [-0.2, 0) is 0 Å². The van der Waals surface area contributed by atoms with E-state index in [2.05, 4.69) is 0 Å². The fourth-order valence-electron chi connectivity index (χ4n) is 2.30. The van der Waals surface area contributed by atoms with E-state index in [9.17, 15) is 4.39 Å². The molecule has 0 aliphatic heterocycles. The second kappa shape index (κ2) is 6.72. The highest BCUT2D eigenvalue weighted by Crippen LogP contribution is 2.28. The lowest BCUT2D eigenvalue weighted by Crippen LogP contribution is -2.31. The summed E-state index contributed by atoms with van der Waals surface area (Å²) in [7, 11) is 0. The van der Waals surface area contributed by atoms with Crippen molar-refractivity contribution in [1.82, 2.24) is 0 Å². The van der Waals surface area contributed by atoms with Crippen LogP contribution >= 0.6 is 0 Å². The first-order valence-electron chi connectivity index (χ1n) is 7.26. The van der Waals surface area contributed by atoms with Crippen LogP contribution in [0, 0.1) is 19.7 Å². The number of benzene rings is 2. The van der Waals surface area contributed by atoms with Crippen molar-refractivity contribution in [3.8, 4) is 5.75 Å². The lowest BCUT2D eigenvalue weighted by molar-refractivity contribution is 0.163. The second-order valence-corrected chi connectivity index (χ2v) is 5.46. The number of nitrogens with two attached hydrogens (primary N) is 1. The number of ether oxygens (including phenoxy) is 1. The third kappa shape index (κ3) is 3.82. The number of hydrogen-bond donors (Lipinski definition) is 1. The Morgan fingerprint density at radius 3 is 2.48 bits per heavy atom. The van der Waals surface area contributed by atoms with E-state index in [0.29, 0.717) is 0 Å². The van der Waals surface area contributed by atoms with E-state index in [4.69, 9.17) is 10.5 Å². The number of hydrogen-bond acceptors (Lipinski definition) is 2. The molecule has 0 saturated carbocycles. The van der Waals surface area contributed by atoms with Gasteiger partial charge in [-0.2, -0.15) is 0 Å². The van der Waals surface area contributed by atoms with Crippen molar-refractivity contribution in [3.63, 3.8) is 0 Å². The van der Waals surface area contributed by atoms with Gasteiger partial charge in [0.15, 0.2) is 11.6 Å². The van der Waals surface area contributed by atoms with Gasteiger partial charge in [0, 0.05) is 6.04 Å². The summed E-state index contributed by atoms with van der Waals surface area (Å²) in [6.07, 6.45) is 0.401. The number of halogens is 1. The molecule has 0 heterocycles. The molecule has 0 aliphatic carbocycles. The standard InChI is InChI=1S/C18H22FNO/c1-4-16(20)18(14-7-5-6-12(2)10-14)21-17-11-13(3)8-9-15(17)19/h5-11,16,18H,4,20H2,1-3H3. The van der Waals surface area contributed by atoms with E-state index in [-0.39, 0.29) is 23.7 Å². The SMILES string of the molecule is CCC(N)C(Oc1cc(C)ccc1F)c1cccc(C)c1. The molecule has 0 aromatic heterocycles. The number of aryl methyl sites for hydroxylation is 2. The molecule has 21 heavy (non-hydrogen) atoms. The molecule has 2 aromatic carbocycles. The Bertz CT molecular complexity index is 612. The van der Waals surface area contributed by atoms with Gasteiger partial charge >= 0.3 is 0 Å². The predicted molar refractivity (Wildman–Crippen MR) is 84.0 cm³/mol. The van der Waals surface area contributed by atoms with Gasteiger partial charge in [0.1, 0.15) is 6.10 Å². The molecule has 0 amide bonds. The van der Waals surface area contributed by atoms with Crippen LogP contribution in [-0.4, -0.2) is 6.04 Å². The smallest absolute Gasteiger partial charge is 0.165 e. The first-order chi connectivity index (χ1) is 10.0. The van der Waals surface area contributed by atoms with Crippen molar-refractivity contribution < 1.29 is 9.13 Å². The van der Waals surface area contributed by atoms with E-state index in [1.165, 1.54) is 6.07 Å². The average Bonchev–Trinajstić information content (AvgIpc) is 2.47. The summed E-state index contributed by atoms with van der Waals surface area (Å²) in [4.78, 5) is 0. The van der Waals surface area contributed by atoms with Gasteiger partial charge in [-0.3, -0.25) is 0 Å². The van der Waals surface area contributed by atoms with E-state index in [1.54, 1.807) is 12.1 Å². The van der Waals surface area contributed by atoms with Gasteiger partial charge in [0.25, 0.3) is 0 Å². The van der Waals surface area contributed by atoms with Crippen LogP contribution in [0.5, 0.6) is 5.75 Å². The van der Waals surface area contributed by atoms with Crippen LogP contribution in [0.25, 0.3) is 0 Å². The maximum Gasteiger partial charge on any atom is 0.165 e. The Morgan fingerprint density at radius 2 is 1.81 bits per heavy atom. The topological polar surface area (TPSA) is 35.2 Å². The lowest BCUT2D eigenvalue weighted by Gasteiger charge is -2.25. The van der Waals surface area contributed by atoms with E-state index < -0.39 is 0 Å². The van der Waals surface area contributed by atoms with Gasteiger partial charge in [0.2, 0.25) is 0 Å². The van der Waals surface area contributed by atoms with Crippen molar-refractivity contribution in [2.75, 3.05) is 0 Å². The molecule has 2 atom stereocenters. The van der Waals surface area contributed by atoms with Crippen LogP contribution < -0.4 is 10.5 Å². The number of rotatable bonds is 5. The first-order valence-corrected chi connectivity index (χ1v) is 7.26. The van der Waals surface area contributed by atoms with Crippen LogP contribution in [0.1, 0.15) is 36.1 Å². The highest BCUT2D eigenvalue weighted by molar-refractivity contribution is 5.32. The molecule has 2 N–H and O–H groups in total. The van der Waals surface area contributed by atoms with Gasteiger partial charge in [-0.25, -0.2) is 4.39 Å². The van der Waals surface area contributed by atoms with Gasteiger partial charge in [-0.15, -0.1) is 0 Å². The largest absolute Gasteiger partial charge is 0.481 e. The lowest BCUT2D eigenvalue weighted by atomic mass is 9.99. The average molecular weight is 287 g/mol. The highest BCUT2D eigenvalue weighted by atomic mass is 19.1.